The van der Waals surface area contributed by atoms with Crippen LogP contribution in [0.2, 0.25) is 0 Å². The van der Waals surface area contributed by atoms with Gasteiger partial charge in [-0.15, -0.1) is 10.2 Å². The molecule has 1 amide bonds. The average Bonchev–Trinajstić information content (AvgIpc) is 3.24. The Morgan fingerprint density at radius 3 is 2.48 bits per heavy atom. The summed E-state index contributed by atoms with van der Waals surface area (Å²) in [5.41, 5.74) is 3.31. The van der Waals surface area contributed by atoms with Crippen LogP contribution in [-0.4, -0.2) is 44.4 Å². The summed E-state index contributed by atoms with van der Waals surface area (Å²) in [6.45, 7) is 5.65. The van der Waals surface area contributed by atoms with Crippen molar-refractivity contribution in [1.29, 1.82) is 0 Å². The van der Waals surface area contributed by atoms with Gasteiger partial charge in [0.1, 0.15) is 0 Å². The van der Waals surface area contributed by atoms with Crippen molar-refractivity contribution >= 4 is 35.0 Å². The highest BCUT2D eigenvalue weighted by Crippen LogP contribution is 2.29. The van der Waals surface area contributed by atoms with Crippen LogP contribution in [0.25, 0.3) is 5.69 Å². The van der Waals surface area contributed by atoms with Gasteiger partial charge in [0.05, 0.1) is 16.4 Å². The summed E-state index contributed by atoms with van der Waals surface area (Å²) in [6.07, 6.45) is 3.47. The molecule has 1 N–H and O–H groups in total. The summed E-state index contributed by atoms with van der Waals surface area (Å²) in [7, 11) is 0. The molecule has 0 atom stereocenters. The molecule has 4 rings (SSSR count). The molecular formula is C23H26N6O3S. The second-order valence-electron chi connectivity index (χ2n) is 8.09. The predicted molar refractivity (Wildman–Crippen MR) is 129 cm³/mol. The Balaban J connectivity index is 1.51. The van der Waals surface area contributed by atoms with Crippen molar-refractivity contribution in [2.75, 3.05) is 29.1 Å². The van der Waals surface area contributed by atoms with E-state index in [1.54, 1.807) is 13.0 Å². The molecule has 1 aliphatic rings. The van der Waals surface area contributed by atoms with Crippen molar-refractivity contribution in [3.63, 3.8) is 0 Å². The highest BCUT2D eigenvalue weighted by atomic mass is 32.2. The molecule has 2 heterocycles. The molecule has 2 aromatic carbocycles. The number of hydrogen-bond donors (Lipinski definition) is 1. The lowest BCUT2D eigenvalue weighted by molar-refractivity contribution is -0.384. The number of non-ortho nitro benzene ring substituents is 1. The van der Waals surface area contributed by atoms with Crippen LogP contribution in [-0.2, 0) is 4.79 Å². The molecule has 0 unspecified atom stereocenters. The minimum atomic E-state index is -0.452. The van der Waals surface area contributed by atoms with Crippen LogP contribution in [0.4, 0.5) is 17.3 Å². The standard InChI is InChI=1S/C23H26N6O3S/c1-16-6-8-18(9-7-16)28-22(27-12-4-3-5-13-27)25-26-23(28)33-15-21(30)24-20-11-10-19(29(31)32)14-17(20)2/h6-11,14H,3-5,12-13,15H2,1-2H3,(H,24,30). The molecule has 33 heavy (non-hydrogen) atoms. The number of nitro groups is 1. The minimum absolute atomic E-state index is 0.00341. The summed E-state index contributed by atoms with van der Waals surface area (Å²) in [5, 5.41) is 23.3. The monoisotopic (exact) mass is 466 g/mol. The highest BCUT2D eigenvalue weighted by molar-refractivity contribution is 7.99. The third-order valence-electron chi connectivity index (χ3n) is 5.57. The topological polar surface area (TPSA) is 106 Å². The second kappa shape index (κ2) is 10.0. The van der Waals surface area contributed by atoms with Gasteiger partial charge in [-0.2, -0.15) is 0 Å². The van der Waals surface area contributed by atoms with Crippen LogP contribution in [0.5, 0.6) is 0 Å². The van der Waals surface area contributed by atoms with Crippen LogP contribution in [0.3, 0.4) is 0 Å². The molecule has 0 spiro atoms. The van der Waals surface area contributed by atoms with Crippen molar-refractivity contribution < 1.29 is 9.72 Å². The number of nitro benzene ring substituents is 1. The van der Waals surface area contributed by atoms with Crippen molar-refractivity contribution in [3.8, 4) is 5.69 Å². The fraction of sp³-hybridized carbons (Fsp3) is 0.348. The third kappa shape index (κ3) is 5.33. The fourth-order valence-electron chi connectivity index (χ4n) is 3.79. The first-order valence-electron chi connectivity index (χ1n) is 10.9. The van der Waals surface area contributed by atoms with Crippen molar-refractivity contribution in [2.45, 2.75) is 38.3 Å². The summed E-state index contributed by atoms with van der Waals surface area (Å²) in [4.78, 5) is 25.3. The zero-order valence-corrected chi connectivity index (χ0v) is 19.5. The van der Waals surface area contributed by atoms with E-state index >= 15 is 0 Å². The quantitative estimate of drug-likeness (QED) is 0.310. The predicted octanol–water partition coefficient (Wildman–Crippen LogP) is 4.51. The van der Waals surface area contributed by atoms with Crippen molar-refractivity contribution in [2.24, 2.45) is 0 Å². The van der Waals surface area contributed by atoms with Gasteiger partial charge in [-0.3, -0.25) is 19.5 Å². The van der Waals surface area contributed by atoms with Crippen molar-refractivity contribution in [3.05, 3.63) is 63.7 Å². The number of hydrogen-bond acceptors (Lipinski definition) is 7. The van der Waals surface area contributed by atoms with E-state index < -0.39 is 4.92 Å². The van der Waals surface area contributed by atoms with Gasteiger partial charge in [-0.25, -0.2) is 0 Å². The molecule has 10 heteroatoms. The number of piperidine rings is 1. The van der Waals surface area contributed by atoms with Gasteiger partial charge in [0.25, 0.3) is 5.69 Å². The fourth-order valence-corrected chi connectivity index (χ4v) is 4.54. The molecule has 0 aliphatic carbocycles. The van der Waals surface area contributed by atoms with E-state index in [-0.39, 0.29) is 17.3 Å². The third-order valence-corrected chi connectivity index (χ3v) is 6.50. The van der Waals surface area contributed by atoms with Crippen LogP contribution >= 0.6 is 11.8 Å². The molecule has 1 fully saturated rings. The van der Waals surface area contributed by atoms with Gasteiger partial charge in [0.2, 0.25) is 11.9 Å². The number of carbonyl (C=O) groups excluding carboxylic acids is 1. The maximum atomic E-state index is 12.6. The first kappa shape index (κ1) is 22.8. The molecule has 9 nitrogen and oxygen atoms in total. The average molecular weight is 467 g/mol. The Morgan fingerprint density at radius 1 is 1.09 bits per heavy atom. The largest absolute Gasteiger partial charge is 0.341 e. The lowest BCUT2D eigenvalue weighted by Crippen LogP contribution is -2.31. The van der Waals surface area contributed by atoms with Gasteiger partial charge in [0, 0.05) is 30.9 Å². The molecule has 1 aromatic heterocycles. The van der Waals surface area contributed by atoms with E-state index in [1.807, 2.05) is 35.8 Å². The molecular weight excluding hydrogens is 440 g/mol. The minimum Gasteiger partial charge on any atom is -0.341 e. The number of thioether (sulfide) groups is 1. The van der Waals surface area contributed by atoms with Gasteiger partial charge in [-0.1, -0.05) is 29.5 Å². The summed E-state index contributed by atoms with van der Waals surface area (Å²) < 4.78 is 2.01. The summed E-state index contributed by atoms with van der Waals surface area (Å²) in [5.74, 6) is 0.725. The molecule has 0 radical (unpaired) electrons. The molecule has 1 saturated heterocycles. The maximum Gasteiger partial charge on any atom is 0.269 e. The second-order valence-corrected chi connectivity index (χ2v) is 9.04. The van der Waals surface area contributed by atoms with E-state index in [0.29, 0.717) is 16.4 Å². The molecule has 0 bridgehead atoms. The van der Waals surface area contributed by atoms with E-state index in [9.17, 15) is 14.9 Å². The molecule has 3 aromatic rings. The van der Waals surface area contributed by atoms with Crippen LogP contribution < -0.4 is 10.2 Å². The first-order valence-corrected chi connectivity index (χ1v) is 11.9. The molecule has 0 saturated carbocycles. The Hall–Kier alpha value is -3.40. The summed E-state index contributed by atoms with van der Waals surface area (Å²) in [6, 6.07) is 12.6. The van der Waals surface area contributed by atoms with E-state index in [2.05, 4.69) is 20.4 Å². The smallest absolute Gasteiger partial charge is 0.269 e. The summed E-state index contributed by atoms with van der Waals surface area (Å²) >= 11 is 1.31. The van der Waals surface area contributed by atoms with Crippen LogP contribution in [0, 0.1) is 24.0 Å². The number of aromatic nitrogens is 3. The Kier molecular flexibility index (Phi) is 6.93. The normalized spacial score (nSPS) is 13.7. The Bertz CT molecular complexity index is 1160. The number of benzene rings is 2. The van der Waals surface area contributed by atoms with Crippen LogP contribution in [0.1, 0.15) is 30.4 Å². The number of carbonyl (C=O) groups is 1. The number of nitrogens with zero attached hydrogens (tertiary/aromatic N) is 5. The van der Waals surface area contributed by atoms with E-state index in [4.69, 9.17) is 0 Å². The van der Waals surface area contributed by atoms with Crippen LogP contribution in [0.15, 0.2) is 47.6 Å². The number of rotatable bonds is 7. The van der Waals surface area contributed by atoms with Crippen molar-refractivity contribution in [1.82, 2.24) is 14.8 Å². The molecule has 1 aliphatic heterocycles. The highest BCUT2D eigenvalue weighted by Gasteiger charge is 2.22. The Morgan fingerprint density at radius 2 is 1.82 bits per heavy atom. The van der Waals surface area contributed by atoms with Gasteiger partial charge >= 0.3 is 0 Å². The van der Waals surface area contributed by atoms with Gasteiger partial charge in [0.15, 0.2) is 5.16 Å². The van der Waals surface area contributed by atoms with Gasteiger partial charge < -0.3 is 10.2 Å². The number of amides is 1. The number of nitrogens with one attached hydrogen (secondary N) is 1. The van der Waals surface area contributed by atoms with Gasteiger partial charge in [-0.05, 0) is 56.9 Å². The zero-order valence-electron chi connectivity index (χ0n) is 18.7. The number of aryl methyl sites for hydroxylation is 2. The Labute approximate surface area is 196 Å². The van der Waals surface area contributed by atoms with E-state index in [1.165, 1.54) is 35.9 Å². The number of anilines is 2. The lowest BCUT2D eigenvalue weighted by atomic mass is 10.1. The SMILES string of the molecule is Cc1ccc(-n2c(SCC(=O)Nc3ccc([N+](=O)[O-])cc3C)nnc2N2CCCCC2)cc1. The maximum absolute atomic E-state index is 12.6. The molecule has 172 valence electrons. The zero-order chi connectivity index (χ0) is 23.4. The lowest BCUT2D eigenvalue weighted by Gasteiger charge is -2.27. The first-order chi connectivity index (χ1) is 15.9. The van der Waals surface area contributed by atoms with E-state index in [0.717, 1.165) is 37.6 Å².